The molecule has 1 aliphatic rings. The molecule has 0 spiro atoms. The van der Waals surface area contributed by atoms with Crippen LogP contribution in [0.3, 0.4) is 0 Å². The van der Waals surface area contributed by atoms with E-state index < -0.39 is 5.60 Å². The fourth-order valence-corrected chi connectivity index (χ4v) is 3.64. The number of rotatable bonds is 7. The van der Waals surface area contributed by atoms with Gasteiger partial charge in [-0.1, -0.05) is 29.4 Å². The molecule has 1 N–H and O–H groups in total. The Balaban J connectivity index is 1.34. The summed E-state index contributed by atoms with van der Waals surface area (Å²) >= 11 is 0. The SMILES string of the molecule is CCc1nc(CN2CCC(O)(Cc3cc(-c4cccc(OC)c4)no3)CC2)no1. The van der Waals surface area contributed by atoms with Crippen LogP contribution in [0.25, 0.3) is 11.3 Å². The minimum Gasteiger partial charge on any atom is -0.497 e. The van der Waals surface area contributed by atoms with Crippen LogP contribution in [0.1, 0.15) is 37.2 Å². The van der Waals surface area contributed by atoms with Gasteiger partial charge in [-0.15, -0.1) is 0 Å². The molecule has 0 radical (unpaired) electrons. The maximum Gasteiger partial charge on any atom is 0.226 e. The van der Waals surface area contributed by atoms with Gasteiger partial charge in [-0.05, 0) is 25.0 Å². The number of hydrogen-bond acceptors (Lipinski definition) is 8. The molecule has 1 aliphatic heterocycles. The largest absolute Gasteiger partial charge is 0.497 e. The van der Waals surface area contributed by atoms with Crippen molar-refractivity contribution in [1.29, 1.82) is 0 Å². The van der Waals surface area contributed by atoms with Crippen LogP contribution in [0.2, 0.25) is 0 Å². The zero-order valence-corrected chi connectivity index (χ0v) is 16.8. The summed E-state index contributed by atoms with van der Waals surface area (Å²) in [5, 5.41) is 19.2. The predicted molar refractivity (Wildman–Crippen MR) is 105 cm³/mol. The van der Waals surface area contributed by atoms with Crippen LogP contribution in [0, 0.1) is 0 Å². The maximum absolute atomic E-state index is 11.0. The lowest BCUT2D eigenvalue weighted by Gasteiger charge is -2.37. The molecule has 8 heteroatoms. The van der Waals surface area contributed by atoms with Gasteiger partial charge in [0.05, 0.1) is 19.3 Å². The van der Waals surface area contributed by atoms with Crippen molar-refractivity contribution in [2.24, 2.45) is 0 Å². The molecule has 0 saturated carbocycles. The highest BCUT2D eigenvalue weighted by molar-refractivity contribution is 5.60. The van der Waals surface area contributed by atoms with E-state index in [0.29, 0.717) is 43.3 Å². The molecule has 1 fully saturated rings. The Kier molecular flexibility index (Phi) is 5.64. The first kappa shape index (κ1) is 19.6. The first-order valence-corrected chi connectivity index (χ1v) is 9.93. The molecular weight excluding hydrogens is 372 g/mol. The first-order chi connectivity index (χ1) is 14.1. The summed E-state index contributed by atoms with van der Waals surface area (Å²) in [6.07, 6.45) is 2.49. The second kappa shape index (κ2) is 8.34. The number of methoxy groups -OCH3 is 1. The quantitative estimate of drug-likeness (QED) is 0.649. The van der Waals surface area contributed by atoms with Crippen LogP contribution < -0.4 is 4.74 Å². The number of piperidine rings is 1. The summed E-state index contributed by atoms with van der Waals surface area (Å²) in [5.74, 6) is 2.81. The molecule has 4 rings (SSSR count). The molecule has 1 saturated heterocycles. The van der Waals surface area contributed by atoms with E-state index in [0.717, 1.165) is 36.5 Å². The summed E-state index contributed by atoms with van der Waals surface area (Å²) in [6, 6.07) is 9.57. The highest BCUT2D eigenvalue weighted by atomic mass is 16.5. The van der Waals surface area contributed by atoms with Crippen LogP contribution in [-0.4, -0.2) is 51.1 Å². The molecule has 2 aromatic heterocycles. The molecule has 0 unspecified atom stereocenters. The van der Waals surface area contributed by atoms with Crippen LogP contribution in [-0.2, 0) is 19.4 Å². The van der Waals surface area contributed by atoms with Gasteiger partial charge in [0.15, 0.2) is 5.82 Å². The lowest BCUT2D eigenvalue weighted by atomic mass is 9.87. The van der Waals surface area contributed by atoms with Crippen molar-refractivity contribution in [1.82, 2.24) is 20.2 Å². The minimum atomic E-state index is -0.798. The van der Waals surface area contributed by atoms with Gasteiger partial charge in [0.25, 0.3) is 0 Å². The van der Waals surface area contributed by atoms with Crippen molar-refractivity contribution >= 4 is 0 Å². The standard InChI is InChI=1S/C21H26N4O4/c1-3-20-22-19(24-29-20)14-25-9-7-21(26,8-10-25)13-17-12-18(23-28-17)15-5-4-6-16(11-15)27-2/h4-6,11-12,26H,3,7-10,13-14H2,1-2H3. The summed E-state index contributed by atoms with van der Waals surface area (Å²) in [5.41, 5.74) is 0.865. The van der Waals surface area contributed by atoms with Crippen molar-refractivity contribution in [2.45, 2.75) is 44.8 Å². The summed E-state index contributed by atoms with van der Waals surface area (Å²) in [6.45, 7) is 4.16. The number of aliphatic hydroxyl groups is 1. The van der Waals surface area contributed by atoms with Gasteiger partial charge in [-0.2, -0.15) is 4.98 Å². The number of aromatic nitrogens is 3. The zero-order valence-electron chi connectivity index (χ0n) is 16.8. The number of ether oxygens (including phenoxy) is 1. The number of aryl methyl sites for hydroxylation is 1. The first-order valence-electron chi connectivity index (χ1n) is 9.93. The fraction of sp³-hybridized carbons (Fsp3) is 0.476. The Bertz CT molecular complexity index is 944. The molecule has 8 nitrogen and oxygen atoms in total. The van der Waals surface area contributed by atoms with Gasteiger partial charge in [-0.3, -0.25) is 4.90 Å². The van der Waals surface area contributed by atoms with Gasteiger partial charge in [0, 0.05) is 37.6 Å². The Morgan fingerprint density at radius 3 is 2.72 bits per heavy atom. The Hall–Kier alpha value is -2.71. The molecule has 1 aromatic carbocycles. The van der Waals surface area contributed by atoms with Gasteiger partial charge in [-0.25, -0.2) is 0 Å². The van der Waals surface area contributed by atoms with Crippen molar-refractivity contribution < 1.29 is 18.9 Å². The number of likely N-dealkylation sites (tertiary alicyclic amines) is 1. The molecule has 0 atom stereocenters. The summed E-state index contributed by atoms with van der Waals surface area (Å²) in [4.78, 5) is 6.59. The molecule has 0 bridgehead atoms. The van der Waals surface area contributed by atoms with Gasteiger partial charge in [0.1, 0.15) is 17.2 Å². The monoisotopic (exact) mass is 398 g/mol. The second-order valence-corrected chi connectivity index (χ2v) is 7.55. The van der Waals surface area contributed by atoms with Crippen molar-refractivity contribution in [3.63, 3.8) is 0 Å². The highest BCUT2D eigenvalue weighted by Gasteiger charge is 2.34. The Labute approximate surface area is 169 Å². The normalized spacial score (nSPS) is 16.8. The van der Waals surface area contributed by atoms with Crippen LogP contribution in [0.4, 0.5) is 0 Å². The van der Waals surface area contributed by atoms with Gasteiger partial charge < -0.3 is 18.9 Å². The third kappa shape index (κ3) is 4.65. The topological polar surface area (TPSA) is 97.7 Å². The molecular formula is C21H26N4O4. The van der Waals surface area contributed by atoms with E-state index in [1.54, 1.807) is 7.11 Å². The van der Waals surface area contributed by atoms with E-state index >= 15 is 0 Å². The van der Waals surface area contributed by atoms with Crippen molar-refractivity contribution in [2.75, 3.05) is 20.2 Å². The third-order valence-electron chi connectivity index (χ3n) is 5.39. The van der Waals surface area contributed by atoms with Gasteiger partial charge in [0.2, 0.25) is 5.89 Å². The van der Waals surface area contributed by atoms with Crippen LogP contribution >= 0.6 is 0 Å². The Morgan fingerprint density at radius 1 is 1.17 bits per heavy atom. The number of benzene rings is 1. The second-order valence-electron chi connectivity index (χ2n) is 7.55. The highest BCUT2D eigenvalue weighted by Crippen LogP contribution is 2.29. The fourth-order valence-electron chi connectivity index (χ4n) is 3.64. The summed E-state index contributed by atoms with van der Waals surface area (Å²) < 4.78 is 15.9. The van der Waals surface area contributed by atoms with E-state index in [1.165, 1.54) is 0 Å². The molecule has 0 amide bonds. The number of nitrogens with zero attached hydrogens (tertiary/aromatic N) is 4. The van der Waals surface area contributed by atoms with Crippen molar-refractivity contribution in [3.05, 3.63) is 47.8 Å². The molecule has 0 aliphatic carbocycles. The molecule has 29 heavy (non-hydrogen) atoms. The molecule has 3 heterocycles. The number of hydrogen-bond donors (Lipinski definition) is 1. The average Bonchev–Trinajstić information content (AvgIpc) is 3.39. The average molecular weight is 398 g/mol. The van der Waals surface area contributed by atoms with Crippen LogP contribution in [0.15, 0.2) is 39.4 Å². The maximum atomic E-state index is 11.0. The van der Waals surface area contributed by atoms with E-state index in [4.69, 9.17) is 13.8 Å². The molecule has 154 valence electrons. The molecule has 3 aromatic rings. The lowest BCUT2D eigenvalue weighted by Crippen LogP contribution is -2.45. The van der Waals surface area contributed by atoms with Crippen molar-refractivity contribution in [3.8, 4) is 17.0 Å². The lowest BCUT2D eigenvalue weighted by molar-refractivity contribution is -0.0271. The van der Waals surface area contributed by atoms with E-state index in [-0.39, 0.29) is 0 Å². The summed E-state index contributed by atoms with van der Waals surface area (Å²) in [7, 11) is 1.64. The Morgan fingerprint density at radius 2 is 2.00 bits per heavy atom. The van der Waals surface area contributed by atoms with E-state index in [9.17, 15) is 5.11 Å². The third-order valence-corrected chi connectivity index (χ3v) is 5.39. The minimum absolute atomic E-state index is 0.444. The van der Waals surface area contributed by atoms with E-state index in [1.807, 2.05) is 37.3 Å². The zero-order chi connectivity index (χ0) is 20.3. The predicted octanol–water partition coefficient (Wildman–Crippen LogP) is 2.87. The van der Waals surface area contributed by atoms with Crippen LogP contribution in [0.5, 0.6) is 5.75 Å². The smallest absolute Gasteiger partial charge is 0.226 e. The van der Waals surface area contributed by atoms with E-state index in [2.05, 4.69) is 20.2 Å². The van der Waals surface area contributed by atoms with Gasteiger partial charge >= 0.3 is 0 Å².